The van der Waals surface area contributed by atoms with Crippen molar-refractivity contribution < 1.29 is 14.6 Å². The second-order valence-corrected chi connectivity index (χ2v) is 9.22. The number of carboxylic acids is 1. The number of rotatable bonds is 5. The van der Waals surface area contributed by atoms with Crippen molar-refractivity contribution in [2.24, 2.45) is 10.9 Å². The monoisotopic (exact) mass is 474 g/mol. The summed E-state index contributed by atoms with van der Waals surface area (Å²) in [4.78, 5) is 19.9. The number of aliphatic imine (C=N–C) groups is 1. The molecule has 0 aromatic heterocycles. The zero-order valence-corrected chi connectivity index (χ0v) is 19.4. The number of benzene rings is 2. The summed E-state index contributed by atoms with van der Waals surface area (Å²) in [7, 11) is 1.58. The number of methoxy groups -OCH3 is 1. The number of nitrogens with zero attached hydrogens (tertiary/aromatic N) is 2. The molecule has 160 valence electrons. The average Bonchev–Trinajstić information content (AvgIpc) is 3.15. The standard InChI is InChI=1S/C23H20Cl2N2O3S/c1-12(2)20-19(22(28)29)21(13-7-4-5-10-16(13)30-3)27-11-17(31-23(27)26-20)18-14(24)8-6-9-15(18)25/h4-12,21H,1-3H3,(H,28,29)/t21-/m0/s1. The minimum Gasteiger partial charge on any atom is -0.496 e. The van der Waals surface area contributed by atoms with Crippen molar-refractivity contribution >= 4 is 51.0 Å². The molecule has 0 fully saturated rings. The van der Waals surface area contributed by atoms with Crippen LogP contribution in [0.3, 0.4) is 0 Å². The van der Waals surface area contributed by atoms with Crippen molar-refractivity contribution in [2.75, 3.05) is 7.11 Å². The predicted molar refractivity (Wildman–Crippen MR) is 127 cm³/mol. The average molecular weight is 475 g/mol. The molecule has 0 unspecified atom stereocenters. The predicted octanol–water partition coefficient (Wildman–Crippen LogP) is 6.45. The van der Waals surface area contributed by atoms with Crippen LogP contribution in [-0.2, 0) is 4.79 Å². The molecule has 4 rings (SSSR count). The van der Waals surface area contributed by atoms with E-state index in [0.29, 0.717) is 32.2 Å². The number of para-hydroxylation sites is 1. The quantitative estimate of drug-likeness (QED) is 0.538. The smallest absolute Gasteiger partial charge is 0.335 e. The number of halogens is 2. The van der Waals surface area contributed by atoms with E-state index in [2.05, 4.69) is 0 Å². The summed E-state index contributed by atoms with van der Waals surface area (Å²) in [6.07, 6.45) is 1.87. The van der Waals surface area contributed by atoms with E-state index in [4.69, 9.17) is 32.9 Å². The molecule has 2 aliphatic heterocycles. The van der Waals surface area contributed by atoms with Crippen LogP contribution in [0.5, 0.6) is 5.75 Å². The Morgan fingerprint density at radius 3 is 2.45 bits per heavy atom. The SMILES string of the molecule is COc1ccccc1[C@H]1C(C(=O)O)=C(C(C)C)N=C2SC(c3c(Cl)cccc3Cl)=CN21. The lowest BCUT2D eigenvalue weighted by Gasteiger charge is -2.34. The van der Waals surface area contributed by atoms with Crippen molar-refractivity contribution in [3.63, 3.8) is 0 Å². The van der Waals surface area contributed by atoms with Crippen LogP contribution >= 0.6 is 35.0 Å². The zero-order chi connectivity index (χ0) is 22.3. The highest BCUT2D eigenvalue weighted by atomic mass is 35.5. The van der Waals surface area contributed by atoms with Crippen molar-refractivity contribution in [3.8, 4) is 5.75 Å². The normalized spacial score (nSPS) is 18.1. The molecular weight excluding hydrogens is 455 g/mol. The van der Waals surface area contributed by atoms with Gasteiger partial charge >= 0.3 is 5.97 Å². The fourth-order valence-electron chi connectivity index (χ4n) is 3.78. The number of amidine groups is 1. The van der Waals surface area contributed by atoms with E-state index in [1.165, 1.54) is 11.8 Å². The number of hydrogen-bond donors (Lipinski definition) is 1. The fraction of sp³-hybridized carbons (Fsp3) is 0.217. The van der Waals surface area contributed by atoms with Gasteiger partial charge in [-0.3, -0.25) is 0 Å². The van der Waals surface area contributed by atoms with E-state index in [9.17, 15) is 9.90 Å². The van der Waals surface area contributed by atoms with E-state index < -0.39 is 12.0 Å². The van der Waals surface area contributed by atoms with Crippen LogP contribution in [-0.4, -0.2) is 28.3 Å². The first-order valence-electron chi connectivity index (χ1n) is 9.64. The molecule has 2 aromatic rings. The summed E-state index contributed by atoms with van der Waals surface area (Å²) < 4.78 is 5.57. The highest BCUT2D eigenvalue weighted by Crippen LogP contribution is 2.50. The van der Waals surface area contributed by atoms with E-state index >= 15 is 0 Å². The number of fused-ring (bicyclic) bond motifs is 1. The largest absolute Gasteiger partial charge is 0.496 e. The summed E-state index contributed by atoms with van der Waals surface area (Å²) in [5, 5.41) is 11.9. The van der Waals surface area contributed by atoms with E-state index in [1.54, 1.807) is 25.3 Å². The van der Waals surface area contributed by atoms with Gasteiger partial charge in [-0.15, -0.1) is 0 Å². The van der Waals surface area contributed by atoms with Crippen LogP contribution in [0.1, 0.15) is 31.0 Å². The zero-order valence-electron chi connectivity index (χ0n) is 17.1. The van der Waals surface area contributed by atoms with Gasteiger partial charge in [-0.2, -0.15) is 0 Å². The lowest BCUT2D eigenvalue weighted by molar-refractivity contribution is -0.133. The Balaban J connectivity index is 1.94. The van der Waals surface area contributed by atoms with Crippen LogP contribution in [0.25, 0.3) is 4.91 Å². The molecule has 0 saturated carbocycles. The first-order chi connectivity index (χ1) is 14.8. The molecule has 8 heteroatoms. The Morgan fingerprint density at radius 2 is 1.84 bits per heavy atom. The maximum Gasteiger partial charge on any atom is 0.335 e. The Kier molecular flexibility index (Phi) is 6.06. The van der Waals surface area contributed by atoms with Gasteiger partial charge in [-0.1, -0.05) is 61.3 Å². The third kappa shape index (κ3) is 3.84. The number of carbonyl (C=O) groups is 1. The maximum atomic E-state index is 12.4. The van der Waals surface area contributed by atoms with Crippen molar-refractivity contribution in [1.82, 2.24) is 4.90 Å². The highest BCUT2D eigenvalue weighted by molar-refractivity contribution is 8.22. The van der Waals surface area contributed by atoms with Crippen molar-refractivity contribution in [1.29, 1.82) is 0 Å². The summed E-state index contributed by atoms with van der Waals surface area (Å²) in [6.45, 7) is 3.88. The van der Waals surface area contributed by atoms with Gasteiger partial charge in [0.15, 0.2) is 5.17 Å². The fourth-order valence-corrected chi connectivity index (χ4v) is 5.59. The van der Waals surface area contributed by atoms with Crippen molar-refractivity contribution in [2.45, 2.75) is 19.9 Å². The van der Waals surface area contributed by atoms with Gasteiger partial charge in [-0.25, -0.2) is 9.79 Å². The molecule has 0 radical (unpaired) electrons. The topological polar surface area (TPSA) is 62.1 Å². The molecule has 0 spiro atoms. The minimum absolute atomic E-state index is 0.0773. The first kappa shape index (κ1) is 21.8. The van der Waals surface area contributed by atoms with Crippen molar-refractivity contribution in [3.05, 3.63) is 81.1 Å². The van der Waals surface area contributed by atoms with Gasteiger partial charge in [0.1, 0.15) is 5.75 Å². The summed E-state index contributed by atoms with van der Waals surface area (Å²) in [5.74, 6) is -0.477. The van der Waals surface area contributed by atoms with E-state index in [1.807, 2.05) is 49.2 Å². The summed E-state index contributed by atoms with van der Waals surface area (Å²) >= 11 is 14.3. The van der Waals surface area contributed by atoms with Crippen LogP contribution < -0.4 is 4.74 Å². The van der Waals surface area contributed by atoms with Gasteiger partial charge in [-0.05, 0) is 35.9 Å². The summed E-state index contributed by atoms with van der Waals surface area (Å²) in [5.41, 5.74) is 2.22. The summed E-state index contributed by atoms with van der Waals surface area (Å²) in [6, 6.07) is 12.2. The molecule has 31 heavy (non-hydrogen) atoms. The van der Waals surface area contributed by atoms with E-state index in [0.717, 1.165) is 10.5 Å². The molecule has 0 aliphatic carbocycles. The number of aliphatic carboxylic acids is 1. The van der Waals surface area contributed by atoms with Crippen LogP contribution in [0.2, 0.25) is 10.0 Å². The Morgan fingerprint density at radius 1 is 1.16 bits per heavy atom. The Hall–Kier alpha value is -2.41. The van der Waals surface area contributed by atoms with Gasteiger partial charge < -0.3 is 14.7 Å². The van der Waals surface area contributed by atoms with Crippen LogP contribution in [0, 0.1) is 5.92 Å². The number of carboxylic acid groups (broad SMARTS) is 1. The number of hydrogen-bond acceptors (Lipinski definition) is 5. The molecule has 0 bridgehead atoms. The molecular formula is C23H20Cl2N2O3S. The molecule has 1 atom stereocenters. The molecule has 2 heterocycles. The Bertz CT molecular complexity index is 1140. The maximum absolute atomic E-state index is 12.4. The van der Waals surface area contributed by atoms with Crippen LogP contribution in [0.4, 0.5) is 0 Å². The second kappa shape index (κ2) is 8.61. The van der Waals surface area contributed by atoms with Gasteiger partial charge in [0.2, 0.25) is 0 Å². The molecule has 0 saturated heterocycles. The van der Waals surface area contributed by atoms with Gasteiger partial charge in [0.25, 0.3) is 0 Å². The van der Waals surface area contributed by atoms with Gasteiger partial charge in [0, 0.05) is 22.2 Å². The third-order valence-electron chi connectivity index (χ3n) is 5.14. The molecule has 1 N–H and O–H groups in total. The number of thioether (sulfide) groups is 1. The van der Waals surface area contributed by atoms with Gasteiger partial charge in [0.05, 0.1) is 34.5 Å². The Labute approximate surface area is 195 Å². The van der Waals surface area contributed by atoms with E-state index in [-0.39, 0.29) is 11.5 Å². The molecule has 5 nitrogen and oxygen atoms in total. The second-order valence-electron chi connectivity index (χ2n) is 7.40. The minimum atomic E-state index is -1.01. The third-order valence-corrected chi connectivity index (χ3v) is 6.79. The number of allylic oxidation sites excluding steroid dienone is 1. The lowest BCUT2D eigenvalue weighted by Crippen LogP contribution is -2.34. The molecule has 2 aliphatic rings. The number of ether oxygens (including phenoxy) is 1. The first-order valence-corrected chi connectivity index (χ1v) is 11.2. The molecule has 0 amide bonds. The highest BCUT2D eigenvalue weighted by Gasteiger charge is 2.41. The van der Waals surface area contributed by atoms with Crippen LogP contribution in [0.15, 0.2) is 64.9 Å². The molecule has 2 aromatic carbocycles. The lowest BCUT2D eigenvalue weighted by atomic mass is 9.90.